The molecule has 1 amide bonds. The smallest absolute Gasteiger partial charge is 0.410 e. The molecule has 1 saturated carbocycles. The normalized spacial score (nSPS) is 27.4. The average Bonchev–Trinajstić information content (AvgIpc) is 2.92. The van der Waals surface area contributed by atoms with Crippen LogP contribution in [-0.2, 0) is 9.53 Å². The number of hydrogen-bond acceptors (Lipinski definition) is 3. The molecular weight excluding hydrogens is 246 g/mol. The first-order chi connectivity index (χ1) is 8.76. The van der Waals surface area contributed by atoms with Crippen molar-refractivity contribution in [2.24, 2.45) is 17.8 Å². The molecule has 0 spiro atoms. The minimum Gasteiger partial charge on any atom is -0.481 e. The molecule has 5 nitrogen and oxygen atoms in total. The maximum atomic E-state index is 12.0. The molecular formula is C14H23NO4. The molecule has 0 aromatic carbocycles. The molecule has 2 atom stereocenters. The lowest BCUT2D eigenvalue weighted by atomic mass is 9.91. The van der Waals surface area contributed by atoms with Gasteiger partial charge in [0.1, 0.15) is 5.60 Å². The summed E-state index contributed by atoms with van der Waals surface area (Å²) in [5.41, 5.74) is -0.537. The van der Waals surface area contributed by atoms with E-state index < -0.39 is 23.6 Å². The van der Waals surface area contributed by atoms with Crippen molar-refractivity contribution in [1.82, 2.24) is 4.90 Å². The van der Waals surface area contributed by atoms with Crippen LogP contribution in [0.5, 0.6) is 0 Å². The van der Waals surface area contributed by atoms with Crippen molar-refractivity contribution in [1.29, 1.82) is 0 Å². The fourth-order valence-electron chi connectivity index (χ4n) is 2.65. The summed E-state index contributed by atoms with van der Waals surface area (Å²) >= 11 is 0. The molecule has 1 heterocycles. The Labute approximate surface area is 113 Å². The predicted octanol–water partition coefficient (Wildman–Crippen LogP) is 2.35. The van der Waals surface area contributed by atoms with Gasteiger partial charge in [0.25, 0.3) is 0 Å². The van der Waals surface area contributed by atoms with Crippen LogP contribution in [0.2, 0.25) is 0 Å². The summed E-state index contributed by atoms with van der Waals surface area (Å²) in [4.78, 5) is 24.8. The Morgan fingerprint density at radius 1 is 1.26 bits per heavy atom. The number of amides is 1. The van der Waals surface area contributed by atoms with Crippen molar-refractivity contribution >= 4 is 12.1 Å². The van der Waals surface area contributed by atoms with Crippen LogP contribution in [0, 0.1) is 17.8 Å². The van der Waals surface area contributed by atoms with E-state index in [9.17, 15) is 14.7 Å². The number of aliphatic carboxylic acids is 1. The van der Waals surface area contributed by atoms with Crippen molar-refractivity contribution in [3.63, 3.8) is 0 Å². The third-order valence-corrected chi connectivity index (χ3v) is 3.74. The molecule has 1 aliphatic heterocycles. The number of rotatable bonds is 3. The molecule has 2 aliphatic rings. The van der Waals surface area contributed by atoms with Gasteiger partial charge in [0.15, 0.2) is 0 Å². The zero-order chi connectivity index (χ0) is 14.2. The van der Waals surface area contributed by atoms with Crippen molar-refractivity contribution in [3.05, 3.63) is 0 Å². The summed E-state index contributed by atoms with van der Waals surface area (Å²) in [6, 6.07) is 0. The predicted molar refractivity (Wildman–Crippen MR) is 69.8 cm³/mol. The van der Waals surface area contributed by atoms with Gasteiger partial charge < -0.3 is 14.7 Å². The number of ether oxygens (including phenoxy) is 1. The SMILES string of the molecule is CC(C)(C)OC(=O)N1C[C@@H](CC2CC2)[C@H](C(=O)O)C1. The van der Waals surface area contributed by atoms with E-state index in [1.54, 1.807) is 4.90 Å². The number of carbonyl (C=O) groups excluding carboxylic acids is 1. The summed E-state index contributed by atoms with van der Waals surface area (Å²) in [7, 11) is 0. The zero-order valence-electron chi connectivity index (χ0n) is 11.9. The zero-order valence-corrected chi connectivity index (χ0v) is 11.9. The number of hydrogen-bond donors (Lipinski definition) is 1. The molecule has 0 radical (unpaired) electrons. The van der Waals surface area contributed by atoms with E-state index in [-0.39, 0.29) is 12.5 Å². The Morgan fingerprint density at radius 2 is 1.89 bits per heavy atom. The number of likely N-dealkylation sites (tertiary alicyclic amines) is 1. The highest BCUT2D eigenvalue weighted by atomic mass is 16.6. The lowest BCUT2D eigenvalue weighted by molar-refractivity contribution is -0.142. The van der Waals surface area contributed by atoms with Gasteiger partial charge in [-0.2, -0.15) is 0 Å². The van der Waals surface area contributed by atoms with Crippen LogP contribution in [0.15, 0.2) is 0 Å². The number of carboxylic acid groups (broad SMARTS) is 1. The molecule has 0 bridgehead atoms. The molecule has 1 aliphatic carbocycles. The van der Waals surface area contributed by atoms with Gasteiger partial charge in [0, 0.05) is 13.1 Å². The summed E-state index contributed by atoms with van der Waals surface area (Å²) in [6.07, 6.45) is 2.94. The molecule has 108 valence electrons. The van der Waals surface area contributed by atoms with Crippen molar-refractivity contribution in [3.8, 4) is 0 Å². The Bertz CT molecular complexity index is 370. The topological polar surface area (TPSA) is 66.8 Å². The maximum absolute atomic E-state index is 12.0. The lowest BCUT2D eigenvalue weighted by Gasteiger charge is -2.24. The van der Waals surface area contributed by atoms with Gasteiger partial charge in [-0.25, -0.2) is 4.79 Å². The second-order valence-corrected chi connectivity index (χ2v) is 6.77. The van der Waals surface area contributed by atoms with Crippen LogP contribution in [0.25, 0.3) is 0 Å². The van der Waals surface area contributed by atoms with E-state index in [1.165, 1.54) is 12.8 Å². The van der Waals surface area contributed by atoms with Crippen LogP contribution in [0.4, 0.5) is 4.79 Å². The molecule has 1 saturated heterocycles. The van der Waals surface area contributed by atoms with Gasteiger partial charge in [-0.1, -0.05) is 12.8 Å². The van der Waals surface area contributed by atoms with Gasteiger partial charge in [-0.15, -0.1) is 0 Å². The first kappa shape index (κ1) is 14.2. The molecule has 5 heteroatoms. The maximum Gasteiger partial charge on any atom is 0.410 e. The second kappa shape index (κ2) is 5.02. The third-order valence-electron chi connectivity index (χ3n) is 3.74. The van der Waals surface area contributed by atoms with E-state index in [4.69, 9.17) is 4.74 Å². The molecule has 19 heavy (non-hydrogen) atoms. The Hall–Kier alpha value is -1.26. The highest BCUT2D eigenvalue weighted by Gasteiger charge is 2.43. The number of nitrogens with zero attached hydrogens (tertiary/aromatic N) is 1. The van der Waals surface area contributed by atoms with E-state index in [0.29, 0.717) is 12.5 Å². The number of carbonyl (C=O) groups is 2. The molecule has 0 unspecified atom stereocenters. The van der Waals surface area contributed by atoms with Crippen LogP contribution in [0.3, 0.4) is 0 Å². The fraction of sp³-hybridized carbons (Fsp3) is 0.857. The molecule has 2 fully saturated rings. The number of carboxylic acids is 1. The van der Waals surface area contributed by atoms with Gasteiger partial charge >= 0.3 is 12.1 Å². The minimum atomic E-state index is -0.795. The van der Waals surface area contributed by atoms with E-state index in [0.717, 1.165) is 6.42 Å². The largest absolute Gasteiger partial charge is 0.481 e. The standard InChI is InChI=1S/C14H23NO4/c1-14(2,3)19-13(18)15-7-10(6-9-4-5-9)11(8-15)12(16)17/h9-11H,4-8H2,1-3H3,(H,16,17)/t10-,11-/m1/s1. The van der Waals surface area contributed by atoms with Gasteiger partial charge in [-0.05, 0) is 39.0 Å². The first-order valence-corrected chi connectivity index (χ1v) is 6.97. The first-order valence-electron chi connectivity index (χ1n) is 6.97. The van der Waals surface area contributed by atoms with Gasteiger partial charge in [-0.3, -0.25) is 4.79 Å². The van der Waals surface area contributed by atoms with Crippen LogP contribution < -0.4 is 0 Å². The quantitative estimate of drug-likeness (QED) is 0.854. The van der Waals surface area contributed by atoms with Crippen molar-refractivity contribution in [2.75, 3.05) is 13.1 Å². The van der Waals surface area contributed by atoms with E-state index >= 15 is 0 Å². The van der Waals surface area contributed by atoms with E-state index in [2.05, 4.69) is 0 Å². The van der Waals surface area contributed by atoms with Crippen LogP contribution >= 0.6 is 0 Å². The van der Waals surface area contributed by atoms with Crippen molar-refractivity contribution < 1.29 is 19.4 Å². The molecule has 0 aromatic heterocycles. The van der Waals surface area contributed by atoms with Crippen LogP contribution in [0.1, 0.15) is 40.0 Å². The van der Waals surface area contributed by atoms with Gasteiger partial charge in [0.05, 0.1) is 5.92 Å². The summed E-state index contributed by atoms with van der Waals surface area (Å²) in [6.45, 7) is 6.25. The second-order valence-electron chi connectivity index (χ2n) is 6.77. The molecule has 2 rings (SSSR count). The highest BCUT2D eigenvalue weighted by Crippen LogP contribution is 2.40. The fourth-order valence-corrected chi connectivity index (χ4v) is 2.65. The monoisotopic (exact) mass is 269 g/mol. The van der Waals surface area contributed by atoms with E-state index in [1.807, 2.05) is 20.8 Å². The minimum absolute atomic E-state index is 0.0810. The Kier molecular flexibility index (Phi) is 3.74. The lowest BCUT2D eigenvalue weighted by Crippen LogP contribution is -2.36. The average molecular weight is 269 g/mol. The third kappa shape index (κ3) is 3.85. The molecule has 1 N–H and O–H groups in total. The summed E-state index contributed by atoms with van der Waals surface area (Å²) in [5, 5.41) is 9.27. The van der Waals surface area contributed by atoms with Crippen molar-refractivity contribution in [2.45, 2.75) is 45.6 Å². The highest BCUT2D eigenvalue weighted by molar-refractivity contribution is 5.74. The van der Waals surface area contributed by atoms with Gasteiger partial charge in [0.2, 0.25) is 0 Å². The molecule has 0 aromatic rings. The summed E-state index contributed by atoms with van der Waals surface area (Å²) in [5.74, 6) is -0.479. The Balaban J connectivity index is 1.96. The van der Waals surface area contributed by atoms with Crippen LogP contribution in [-0.4, -0.2) is 40.8 Å². The summed E-state index contributed by atoms with van der Waals surface area (Å²) < 4.78 is 5.31. The Morgan fingerprint density at radius 3 is 2.37 bits per heavy atom.